The molecule has 2 N–H and O–H groups in total. The molecule has 0 fully saturated rings. The second kappa shape index (κ2) is 14.9. The van der Waals surface area contributed by atoms with E-state index in [-0.39, 0.29) is 21.7 Å². The fourth-order valence-electron chi connectivity index (χ4n) is 8.84. The van der Waals surface area contributed by atoms with Crippen molar-refractivity contribution < 1.29 is 23.8 Å². The maximum Gasteiger partial charge on any atom is 0.391 e. The van der Waals surface area contributed by atoms with Crippen LogP contribution in [0.15, 0.2) is 42.5 Å². The highest BCUT2D eigenvalue weighted by molar-refractivity contribution is 7.39. The molecule has 0 aromatic heterocycles. The Bertz CT molecular complexity index is 2160. The van der Waals surface area contributed by atoms with Crippen molar-refractivity contribution in [2.24, 2.45) is 0 Å². The molecule has 4 aromatic carbocycles. The maximum absolute atomic E-state index is 16.1. The van der Waals surface area contributed by atoms with Gasteiger partial charge in [0.1, 0.15) is 11.5 Å². The Kier molecular flexibility index (Phi) is 11.7. The van der Waals surface area contributed by atoms with Crippen LogP contribution >= 0.6 is 8.60 Å². The molecular formula is C52H71O5P. The Morgan fingerprint density at radius 1 is 0.534 bits per heavy atom. The van der Waals surface area contributed by atoms with Gasteiger partial charge in [-0.3, -0.25) is 0 Å². The molecule has 5 nitrogen and oxygen atoms in total. The van der Waals surface area contributed by atoms with Crippen molar-refractivity contribution in [1.82, 2.24) is 0 Å². The highest BCUT2D eigenvalue weighted by Gasteiger charge is 2.44. The van der Waals surface area contributed by atoms with Gasteiger partial charge in [0.2, 0.25) is 0 Å². The minimum Gasteiger partial charge on any atom is -0.426 e. The molecule has 0 amide bonds. The molecular weight excluding hydrogens is 736 g/mol. The van der Waals surface area contributed by atoms with Gasteiger partial charge >= 0.3 is 14.6 Å². The third-order valence-corrected chi connectivity index (χ3v) is 11.8. The first-order valence-corrected chi connectivity index (χ1v) is 22.1. The van der Waals surface area contributed by atoms with Crippen LogP contribution in [-0.4, -0.2) is 15.8 Å². The van der Waals surface area contributed by atoms with Crippen molar-refractivity contribution >= 4 is 14.6 Å². The van der Waals surface area contributed by atoms with E-state index in [2.05, 4.69) is 175 Å². The second-order valence-corrected chi connectivity index (χ2v) is 23.7. The van der Waals surface area contributed by atoms with Crippen molar-refractivity contribution in [2.45, 2.75) is 177 Å². The summed E-state index contributed by atoms with van der Waals surface area (Å²) in [5, 5.41) is 0. The smallest absolute Gasteiger partial charge is 0.391 e. The largest absolute Gasteiger partial charge is 0.426 e. The van der Waals surface area contributed by atoms with Crippen LogP contribution in [0, 0.1) is 13.8 Å². The number of esters is 1. The average molecular weight is 807 g/mol. The van der Waals surface area contributed by atoms with Gasteiger partial charge in [-0.2, -0.15) is 0 Å². The summed E-state index contributed by atoms with van der Waals surface area (Å²) in [7, 11) is -2.84. The molecule has 0 unspecified atom stereocenters. The summed E-state index contributed by atoms with van der Waals surface area (Å²) in [4.78, 5) is 37.8. The second-order valence-electron chi connectivity index (χ2n) is 23.0. The van der Waals surface area contributed by atoms with Crippen molar-refractivity contribution in [3.63, 3.8) is 0 Å². The predicted octanol–water partition coefficient (Wildman–Crippen LogP) is 14.1. The molecule has 1 aliphatic carbocycles. The molecule has 58 heavy (non-hydrogen) atoms. The Morgan fingerprint density at radius 3 is 1.29 bits per heavy atom. The zero-order chi connectivity index (χ0) is 44.0. The quantitative estimate of drug-likeness (QED) is 0.107. The highest BCUT2D eigenvalue weighted by Crippen LogP contribution is 2.59. The maximum atomic E-state index is 16.1. The molecule has 5 rings (SSSR count). The van der Waals surface area contributed by atoms with Gasteiger partial charge in [-0.05, 0) is 97.8 Å². The Labute approximate surface area is 352 Å². The average Bonchev–Trinajstić information content (AvgIpc) is 3.00. The molecule has 2 bridgehead atoms. The normalized spacial score (nSPS) is 13.8. The lowest BCUT2D eigenvalue weighted by Crippen LogP contribution is -2.29. The molecule has 314 valence electrons. The summed E-state index contributed by atoms with van der Waals surface area (Å²) in [6.45, 7) is 43.4. The molecule has 0 heterocycles. The van der Waals surface area contributed by atoms with E-state index in [1.54, 1.807) is 0 Å². The lowest BCUT2D eigenvalue weighted by atomic mass is 9.65. The molecule has 0 saturated carbocycles. The van der Waals surface area contributed by atoms with Crippen LogP contribution < -0.4 is 9.26 Å². The van der Waals surface area contributed by atoms with Gasteiger partial charge < -0.3 is 19.0 Å². The fraction of sp³-hybridized carbons (Fsp3) is 0.519. The van der Waals surface area contributed by atoms with E-state index in [4.69, 9.17) is 9.26 Å². The highest BCUT2D eigenvalue weighted by atomic mass is 31.2. The summed E-state index contributed by atoms with van der Waals surface area (Å²) in [5.74, 6) is 0.503. The molecule has 6 heteroatoms. The molecule has 1 aliphatic rings. The van der Waals surface area contributed by atoms with E-state index in [1.807, 2.05) is 6.07 Å². The number of benzene rings is 4. The van der Waals surface area contributed by atoms with Gasteiger partial charge in [0.25, 0.3) is 0 Å². The first-order valence-electron chi connectivity index (χ1n) is 20.9. The van der Waals surface area contributed by atoms with E-state index in [1.165, 1.54) is 5.56 Å². The van der Waals surface area contributed by atoms with Crippen molar-refractivity contribution in [1.29, 1.82) is 0 Å². The van der Waals surface area contributed by atoms with Crippen LogP contribution in [0.25, 0.3) is 22.3 Å². The molecule has 0 radical (unpaired) electrons. The van der Waals surface area contributed by atoms with Crippen LogP contribution in [0.3, 0.4) is 0 Å². The number of aryl methyl sites for hydroxylation is 2. The summed E-state index contributed by atoms with van der Waals surface area (Å²) >= 11 is 0. The van der Waals surface area contributed by atoms with Gasteiger partial charge in [0.15, 0.2) is 0 Å². The Balaban J connectivity index is 2.20. The zero-order valence-corrected chi connectivity index (χ0v) is 40.2. The number of ether oxygens (including phenoxy) is 1. The number of hydrogen-bond donors (Lipinski definition) is 2. The van der Waals surface area contributed by atoms with Gasteiger partial charge in [-0.1, -0.05) is 172 Å². The van der Waals surface area contributed by atoms with Crippen molar-refractivity contribution in [2.75, 3.05) is 0 Å². The lowest BCUT2D eigenvalue weighted by molar-refractivity contribution is 0.0733. The van der Waals surface area contributed by atoms with Gasteiger partial charge in [0.05, 0.1) is 5.56 Å². The monoisotopic (exact) mass is 807 g/mol. The molecule has 0 spiro atoms. The molecule has 4 aromatic rings. The van der Waals surface area contributed by atoms with Crippen molar-refractivity contribution in [3.05, 3.63) is 104 Å². The van der Waals surface area contributed by atoms with Gasteiger partial charge in [0, 0.05) is 27.8 Å². The van der Waals surface area contributed by atoms with E-state index in [0.29, 0.717) is 23.5 Å². The zero-order valence-electron chi connectivity index (χ0n) is 39.3. The van der Waals surface area contributed by atoms with E-state index >= 15 is 4.79 Å². The predicted molar refractivity (Wildman–Crippen MR) is 245 cm³/mol. The van der Waals surface area contributed by atoms with Crippen molar-refractivity contribution in [3.8, 4) is 33.8 Å². The first kappa shape index (κ1) is 45.6. The van der Waals surface area contributed by atoms with E-state index < -0.39 is 25.4 Å². The summed E-state index contributed by atoms with van der Waals surface area (Å²) in [6, 6.07) is 15.3. The van der Waals surface area contributed by atoms with Crippen LogP contribution in [-0.2, 0) is 38.9 Å². The minimum atomic E-state index is -2.84. The van der Waals surface area contributed by atoms with Crippen LogP contribution in [0.1, 0.15) is 191 Å². The summed E-state index contributed by atoms with van der Waals surface area (Å²) < 4.78 is 13.3. The number of rotatable bonds is 4. The number of hydrogen-bond acceptors (Lipinski definition) is 5. The van der Waals surface area contributed by atoms with Crippen LogP contribution in [0.2, 0.25) is 0 Å². The standard InChI is InChI=1S/C52H71O5P/c1-29-23-31-27-32-24-30(2)26-36(50(12,13)14)39(32)41-42(46(53)56-37-22-21-33(47(3,4)5)28-34(37)48(6,7)8)40(38(31)35(25-29)49(9,10)11)43(51(15,16)17)45(57-58(54)55)44(41)52(18,19)20/h21-26,28,54-55H,27H2,1-20H3. The summed E-state index contributed by atoms with van der Waals surface area (Å²) in [6.07, 6.45) is 0.649. The Morgan fingerprint density at radius 2 is 0.948 bits per heavy atom. The third-order valence-electron chi connectivity index (χ3n) is 11.4. The summed E-state index contributed by atoms with van der Waals surface area (Å²) in [5.41, 5.74) is 11.9. The van der Waals surface area contributed by atoms with E-state index in [0.717, 1.165) is 72.3 Å². The number of fused-ring (bicyclic) bond motifs is 6. The topological polar surface area (TPSA) is 76.0 Å². The Hall–Kier alpha value is -3.50. The first-order chi connectivity index (χ1) is 26.1. The molecule has 0 saturated heterocycles. The van der Waals surface area contributed by atoms with Gasteiger partial charge in [-0.25, -0.2) is 4.79 Å². The lowest BCUT2D eigenvalue weighted by Gasteiger charge is -2.40. The number of carbonyl (C=O) groups excluding carboxylic acids is 1. The van der Waals surface area contributed by atoms with Crippen LogP contribution in [0.5, 0.6) is 11.5 Å². The van der Waals surface area contributed by atoms with Gasteiger partial charge in [-0.15, -0.1) is 0 Å². The third kappa shape index (κ3) is 8.84. The fourth-order valence-corrected chi connectivity index (χ4v) is 9.18. The van der Waals surface area contributed by atoms with E-state index in [9.17, 15) is 9.79 Å². The van der Waals surface area contributed by atoms with Crippen LogP contribution in [0.4, 0.5) is 0 Å². The molecule has 0 aliphatic heterocycles. The SMILES string of the molecule is Cc1cc2c(c(C(C)(C)C)c1)-c1c(C(=O)Oc3ccc(C(C)(C)C)cc3C(C)(C)C)c(c(C(C)(C)C)c(OP(O)O)c1C(C)(C)C)-c1c(cc(C)cc1C(C)(C)C)C2. The molecule has 0 atom stereocenters. The number of carbonyl (C=O) groups is 1. The minimum absolute atomic E-state index is 0.103.